The first-order valence-corrected chi connectivity index (χ1v) is 5.81. The number of carbonyl (C=O) groups is 2. The molecule has 0 N–H and O–H groups in total. The van der Waals surface area contributed by atoms with Crippen molar-refractivity contribution in [1.82, 2.24) is 9.97 Å². The zero-order valence-corrected chi connectivity index (χ0v) is 10.9. The standard InChI is InChI=1S/C13H16N2O3/c1-12(2)8(10(17)13(3,4)18-12)9(16)11-14-6-5-7-15-11/h5-8H,1-4H3. The molecule has 0 saturated carbocycles. The molecule has 0 bridgehead atoms. The van der Waals surface area contributed by atoms with Crippen LogP contribution in [0, 0.1) is 5.92 Å². The quantitative estimate of drug-likeness (QED) is 0.585. The number of ketones is 2. The number of Topliss-reactive ketones (excluding diaryl/α,β-unsaturated/α-hetero) is 2. The van der Waals surface area contributed by atoms with Crippen LogP contribution in [0.1, 0.15) is 38.3 Å². The van der Waals surface area contributed by atoms with Crippen LogP contribution in [0.15, 0.2) is 18.5 Å². The van der Waals surface area contributed by atoms with Crippen LogP contribution in [0.2, 0.25) is 0 Å². The first-order valence-electron chi connectivity index (χ1n) is 5.81. The molecule has 1 aromatic rings. The van der Waals surface area contributed by atoms with Gasteiger partial charge < -0.3 is 4.74 Å². The average Bonchev–Trinajstić information content (AvgIpc) is 2.44. The lowest BCUT2D eigenvalue weighted by atomic mass is 9.82. The molecule has 96 valence electrons. The Morgan fingerprint density at radius 1 is 1.22 bits per heavy atom. The van der Waals surface area contributed by atoms with Crippen molar-refractivity contribution in [3.63, 3.8) is 0 Å². The van der Waals surface area contributed by atoms with Gasteiger partial charge in [-0.3, -0.25) is 9.59 Å². The molecular weight excluding hydrogens is 232 g/mol. The third kappa shape index (κ3) is 1.95. The van der Waals surface area contributed by atoms with Crippen molar-refractivity contribution in [1.29, 1.82) is 0 Å². The van der Waals surface area contributed by atoms with E-state index in [2.05, 4.69) is 9.97 Å². The monoisotopic (exact) mass is 248 g/mol. The summed E-state index contributed by atoms with van der Waals surface area (Å²) in [6.45, 7) is 6.84. The molecule has 0 spiro atoms. The molecule has 1 fully saturated rings. The molecule has 5 nitrogen and oxygen atoms in total. The summed E-state index contributed by atoms with van der Waals surface area (Å²) in [5.41, 5.74) is -1.78. The summed E-state index contributed by atoms with van der Waals surface area (Å²) in [6, 6.07) is 1.62. The molecule has 0 aliphatic carbocycles. The summed E-state index contributed by atoms with van der Waals surface area (Å²) in [7, 11) is 0. The summed E-state index contributed by atoms with van der Waals surface area (Å²) < 4.78 is 5.68. The van der Waals surface area contributed by atoms with Crippen LogP contribution >= 0.6 is 0 Å². The van der Waals surface area contributed by atoms with Gasteiger partial charge in [-0.05, 0) is 33.8 Å². The second-order valence-corrected chi connectivity index (χ2v) is 5.45. The van der Waals surface area contributed by atoms with Crippen LogP contribution in [0.25, 0.3) is 0 Å². The smallest absolute Gasteiger partial charge is 0.213 e. The van der Waals surface area contributed by atoms with Gasteiger partial charge >= 0.3 is 0 Å². The van der Waals surface area contributed by atoms with Crippen LogP contribution < -0.4 is 0 Å². The number of carbonyl (C=O) groups excluding carboxylic acids is 2. The molecule has 5 heteroatoms. The van der Waals surface area contributed by atoms with Crippen LogP contribution in [-0.4, -0.2) is 32.7 Å². The Kier molecular flexibility index (Phi) is 2.81. The highest BCUT2D eigenvalue weighted by molar-refractivity contribution is 6.13. The number of ether oxygens (including phenoxy) is 1. The minimum atomic E-state index is -0.946. The molecule has 0 amide bonds. The maximum Gasteiger partial charge on any atom is 0.213 e. The number of aromatic nitrogens is 2. The molecule has 18 heavy (non-hydrogen) atoms. The molecule has 0 radical (unpaired) electrons. The van der Waals surface area contributed by atoms with E-state index in [-0.39, 0.29) is 17.4 Å². The molecule has 1 aromatic heterocycles. The zero-order chi connectivity index (χ0) is 13.6. The highest BCUT2D eigenvalue weighted by atomic mass is 16.5. The predicted octanol–water partition coefficient (Wildman–Crippen LogP) is 1.43. The highest BCUT2D eigenvalue weighted by Gasteiger charge is 2.57. The average molecular weight is 248 g/mol. The second kappa shape index (κ2) is 3.95. The number of rotatable bonds is 2. The Bertz CT molecular complexity index is 494. The fourth-order valence-electron chi connectivity index (χ4n) is 2.42. The van der Waals surface area contributed by atoms with Crippen LogP contribution in [-0.2, 0) is 9.53 Å². The van der Waals surface area contributed by atoms with Crippen molar-refractivity contribution in [2.24, 2.45) is 5.92 Å². The molecule has 2 heterocycles. The summed E-state index contributed by atoms with van der Waals surface area (Å²) in [6.07, 6.45) is 2.97. The first kappa shape index (κ1) is 12.8. The van der Waals surface area contributed by atoms with Crippen LogP contribution in [0.5, 0.6) is 0 Å². The van der Waals surface area contributed by atoms with Crippen molar-refractivity contribution in [2.45, 2.75) is 38.9 Å². The van der Waals surface area contributed by atoms with E-state index < -0.39 is 17.1 Å². The third-order valence-electron chi connectivity index (χ3n) is 3.12. The van der Waals surface area contributed by atoms with E-state index in [9.17, 15) is 9.59 Å². The lowest BCUT2D eigenvalue weighted by Gasteiger charge is -2.24. The van der Waals surface area contributed by atoms with Gasteiger partial charge in [0.15, 0.2) is 11.6 Å². The summed E-state index contributed by atoms with van der Waals surface area (Å²) >= 11 is 0. The van der Waals surface area contributed by atoms with Crippen molar-refractivity contribution >= 4 is 11.6 Å². The van der Waals surface area contributed by atoms with Gasteiger partial charge in [0.2, 0.25) is 5.78 Å². The molecule has 1 saturated heterocycles. The van der Waals surface area contributed by atoms with E-state index in [0.717, 1.165) is 0 Å². The lowest BCUT2D eigenvalue weighted by molar-refractivity contribution is -0.132. The van der Waals surface area contributed by atoms with Gasteiger partial charge in [0.25, 0.3) is 0 Å². The fourth-order valence-corrected chi connectivity index (χ4v) is 2.42. The van der Waals surface area contributed by atoms with Gasteiger partial charge in [0.05, 0.1) is 5.60 Å². The Balaban J connectivity index is 2.39. The van der Waals surface area contributed by atoms with E-state index in [1.165, 1.54) is 12.4 Å². The lowest BCUT2D eigenvalue weighted by Crippen LogP contribution is -2.37. The normalized spacial score (nSPS) is 25.1. The Labute approximate surface area is 106 Å². The summed E-state index contributed by atoms with van der Waals surface area (Å²) in [5.74, 6) is -1.39. The number of hydrogen-bond donors (Lipinski definition) is 0. The van der Waals surface area contributed by atoms with Crippen molar-refractivity contribution in [2.75, 3.05) is 0 Å². The van der Waals surface area contributed by atoms with E-state index in [4.69, 9.17) is 4.74 Å². The topological polar surface area (TPSA) is 69.2 Å². The molecule has 1 aliphatic heterocycles. The van der Waals surface area contributed by atoms with Crippen LogP contribution in [0.3, 0.4) is 0 Å². The molecule has 1 atom stereocenters. The van der Waals surface area contributed by atoms with E-state index in [0.29, 0.717) is 0 Å². The van der Waals surface area contributed by atoms with E-state index in [1.807, 2.05) is 0 Å². The molecular formula is C13H16N2O3. The van der Waals surface area contributed by atoms with Crippen molar-refractivity contribution in [3.05, 3.63) is 24.3 Å². The molecule has 1 aliphatic rings. The van der Waals surface area contributed by atoms with Gasteiger partial charge in [0.1, 0.15) is 11.5 Å². The van der Waals surface area contributed by atoms with Crippen LogP contribution in [0.4, 0.5) is 0 Å². The number of nitrogens with zero attached hydrogens (tertiary/aromatic N) is 2. The molecule has 2 rings (SSSR count). The summed E-state index contributed by atoms with van der Waals surface area (Å²) in [5, 5.41) is 0. The number of hydrogen-bond acceptors (Lipinski definition) is 5. The van der Waals surface area contributed by atoms with E-state index >= 15 is 0 Å². The van der Waals surface area contributed by atoms with Gasteiger partial charge in [0, 0.05) is 12.4 Å². The second-order valence-electron chi connectivity index (χ2n) is 5.45. The molecule has 0 aromatic carbocycles. The SMILES string of the molecule is CC1(C)OC(C)(C)C(C(=O)c2ncccn2)C1=O. The Morgan fingerprint density at radius 2 is 1.78 bits per heavy atom. The van der Waals surface area contributed by atoms with Gasteiger partial charge in [-0.15, -0.1) is 0 Å². The Morgan fingerprint density at radius 3 is 2.22 bits per heavy atom. The predicted molar refractivity (Wildman–Crippen MR) is 64.1 cm³/mol. The van der Waals surface area contributed by atoms with Gasteiger partial charge in [-0.1, -0.05) is 0 Å². The van der Waals surface area contributed by atoms with Crippen molar-refractivity contribution in [3.8, 4) is 0 Å². The maximum absolute atomic E-state index is 12.3. The first-order chi connectivity index (χ1) is 8.26. The van der Waals surface area contributed by atoms with E-state index in [1.54, 1.807) is 33.8 Å². The van der Waals surface area contributed by atoms with Gasteiger partial charge in [-0.2, -0.15) is 0 Å². The minimum Gasteiger partial charge on any atom is -0.361 e. The largest absolute Gasteiger partial charge is 0.361 e. The van der Waals surface area contributed by atoms with Gasteiger partial charge in [-0.25, -0.2) is 9.97 Å². The fraction of sp³-hybridized carbons (Fsp3) is 0.538. The zero-order valence-electron chi connectivity index (χ0n) is 10.9. The Hall–Kier alpha value is -1.62. The highest BCUT2D eigenvalue weighted by Crippen LogP contribution is 2.40. The van der Waals surface area contributed by atoms with Crippen molar-refractivity contribution < 1.29 is 14.3 Å². The third-order valence-corrected chi connectivity index (χ3v) is 3.12. The minimum absolute atomic E-state index is 0.0604. The summed E-state index contributed by atoms with van der Waals surface area (Å²) in [4.78, 5) is 32.4. The maximum atomic E-state index is 12.3. The molecule has 1 unspecified atom stereocenters.